The Morgan fingerprint density at radius 1 is 1.10 bits per heavy atom. The van der Waals surface area contributed by atoms with Crippen LogP contribution in [0.4, 0.5) is 0 Å². The maximum Gasteiger partial charge on any atom is 0.143 e. The summed E-state index contributed by atoms with van der Waals surface area (Å²) in [6.45, 7) is 5.77. The fraction of sp³-hybridized carbons (Fsp3) is 0.600. The average Bonchev–Trinajstić information content (AvgIpc) is 2.44. The highest BCUT2D eigenvalue weighted by Crippen LogP contribution is 2.34. The summed E-state index contributed by atoms with van der Waals surface area (Å²) in [7, 11) is 0. The summed E-state index contributed by atoms with van der Waals surface area (Å²) in [6, 6.07) is 4.79. The van der Waals surface area contributed by atoms with Gasteiger partial charge in [0.1, 0.15) is 5.75 Å². The molecule has 0 aromatic heterocycles. The molecule has 1 N–H and O–H groups in total. The first-order valence-electron chi connectivity index (χ1n) is 7.27. The maximum absolute atomic E-state index is 9.78. The third kappa shape index (κ3) is 3.21. The summed E-state index contributed by atoms with van der Waals surface area (Å²) in [6.07, 6.45) is 4.10. The van der Waals surface area contributed by atoms with Crippen molar-refractivity contribution in [3.63, 3.8) is 0 Å². The van der Waals surface area contributed by atoms with Gasteiger partial charge in [-0.05, 0) is 68.9 Å². The first kappa shape index (κ1) is 14.8. The van der Waals surface area contributed by atoms with Gasteiger partial charge in [0.05, 0.1) is 8.95 Å². The van der Waals surface area contributed by atoms with Crippen molar-refractivity contribution in [1.29, 1.82) is 0 Å². The lowest BCUT2D eigenvalue weighted by Crippen LogP contribution is -2.54. The molecule has 2 fully saturated rings. The molecule has 1 unspecified atom stereocenters. The van der Waals surface area contributed by atoms with Gasteiger partial charge in [-0.1, -0.05) is 6.42 Å². The number of nitrogens with zero attached hydrogens (tertiary/aromatic N) is 2. The molecule has 0 spiro atoms. The number of hydrogen-bond acceptors (Lipinski definition) is 3. The minimum absolute atomic E-state index is 0.283. The molecule has 0 bridgehead atoms. The number of halogens is 2. The summed E-state index contributed by atoms with van der Waals surface area (Å²) in [5, 5.41) is 9.78. The number of phenolic OH excluding ortho intramolecular Hbond substituents is 1. The molecular weight excluding hydrogens is 384 g/mol. The number of rotatable bonds is 2. The summed E-state index contributed by atoms with van der Waals surface area (Å²) < 4.78 is 1.52. The summed E-state index contributed by atoms with van der Waals surface area (Å²) in [5.74, 6) is 0.283. The number of benzene rings is 1. The van der Waals surface area contributed by atoms with Crippen LogP contribution in [0.15, 0.2) is 21.1 Å². The lowest BCUT2D eigenvalue weighted by atomic mass is 9.99. The molecule has 110 valence electrons. The quantitative estimate of drug-likeness (QED) is 0.817. The molecule has 0 radical (unpaired) electrons. The highest BCUT2D eigenvalue weighted by molar-refractivity contribution is 9.11. The van der Waals surface area contributed by atoms with Crippen LogP contribution >= 0.6 is 31.9 Å². The average molecular weight is 404 g/mol. The minimum atomic E-state index is 0.283. The zero-order chi connectivity index (χ0) is 14.1. The van der Waals surface area contributed by atoms with E-state index in [2.05, 4.69) is 41.7 Å². The van der Waals surface area contributed by atoms with Crippen LogP contribution < -0.4 is 0 Å². The van der Waals surface area contributed by atoms with Crippen molar-refractivity contribution in [2.24, 2.45) is 0 Å². The van der Waals surface area contributed by atoms with Crippen LogP contribution in [0, 0.1) is 0 Å². The van der Waals surface area contributed by atoms with E-state index in [4.69, 9.17) is 0 Å². The highest BCUT2D eigenvalue weighted by atomic mass is 79.9. The molecular formula is C15H20Br2N2O. The molecule has 2 aliphatic rings. The second kappa shape index (κ2) is 6.34. The first-order valence-corrected chi connectivity index (χ1v) is 8.85. The van der Waals surface area contributed by atoms with Crippen molar-refractivity contribution in [2.75, 3.05) is 26.2 Å². The molecule has 2 saturated heterocycles. The Bertz CT molecular complexity index is 472. The monoisotopic (exact) mass is 402 g/mol. The second-order valence-electron chi connectivity index (χ2n) is 5.83. The number of piperidine rings is 1. The van der Waals surface area contributed by atoms with Crippen molar-refractivity contribution in [3.8, 4) is 5.75 Å². The predicted molar refractivity (Wildman–Crippen MR) is 88.0 cm³/mol. The van der Waals surface area contributed by atoms with Crippen molar-refractivity contribution in [3.05, 3.63) is 26.6 Å². The molecule has 3 nitrogen and oxygen atoms in total. The van der Waals surface area contributed by atoms with Crippen molar-refractivity contribution in [2.45, 2.75) is 31.8 Å². The lowest BCUT2D eigenvalue weighted by Gasteiger charge is -2.44. The standard InChI is InChI=1S/C15H20Br2N2O/c16-13-7-11(8-14(17)15(13)20)9-18-5-6-19-4-2-1-3-12(19)10-18/h7-8,12,20H,1-6,9-10H2. The molecule has 20 heavy (non-hydrogen) atoms. The highest BCUT2D eigenvalue weighted by Gasteiger charge is 2.28. The van der Waals surface area contributed by atoms with Crippen LogP contribution in [0.1, 0.15) is 24.8 Å². The van der Waals surface area contributed by atoms with Crippen LogP contribution in [-0.2, 0) is 6.54 Å². The first-order chi connectivity index (χ1) is 9.63. The van der Waals surface area contributed by atoms with Gasteiger partial charge in [-0.2, -0.15) is 0 Å². The Labute approximate surface area is 137 Å². The topological polar surface area (TPSA) is 26.7 Å². The van der Waals surface area contributed by atoms with E-state index in [0.717, 1.165) is 28.1 Å². The normalized spacial score (nSPS) is 24.6. The molecule has 0 amide bonds. The summed E-state index contributed by atoms with van der Waals surface area (Å²) in [5.41, 5.74) is 1.24. The van der Waals surface area contributed by atoms with E-state index in [0.29, 0.717) is 0 Å². The van der Waals surface area contributed by atoms with E-state index in [9.17, 15) is 5.11 Å². The van der Waals surface area contributed by atoms with Crippen LogP contribution in [0.2, 0.25) is 0 Å². The molecule has 1 aromatic rings. The number of piperazine rings is 1. The van der Waals surface area contributed by atoms with Crippen LogP contribution in [0.25, 0.3) is 0 Å². The van der Waals surface area contributed by atoms with Gasteiger partial charge in [-0.15, -0.1) is 0 Å². The van der Waals surface area contributed by atoms with Crippen molar-refractivity contribution >= 4 is 31.9 Å². The molecule has 2 aliphatic heterocycles. The van der Waals surface area contributed by atoms with E-state index in [-0.39, 0.29) is 5.75 Å². The SMILES string of the molecule is Oc1c(Br)cc(CN2CCN3CCCCC3C2)cc1Br. The van der Waals surface area contributed by atoms with Gasteiger partial charge < -0.3 is 5.11 Å². The van der Waals surface area contributed by atoms with Crippen LogP contribution in [0.5, 0.6) is 5.75 Å². The Hall–Kier alpha value is -0.100. The zero-order valence-corrected chi connectivity index (χ0v) is 14.7. The fourth-order valence-corrected chi connectivity index (χ4v) is 4.61. The number of phenols is 1. The van der Waals surface area contributed by atoms with E-state index in [1.165, 1.54) is 44.5 Å². The summed E-state index contributed by atoms with van der Waals surface area (Å²) >= 11 is 6.82. The molecule has 0 aliphatic carbocycles. The van der Waals surface area contributed by atoms with Gasteiger partial charge in [0, 0.05) is 32.2 Å². The van der Waals surface area contributed by atoms with E-state index in [1.54, 1.807) is 0 Å². The number of hydrogen-bond donors (Lipinski definition) is 1. The summed E-state index contributed by atoms with van der Waals surface area (Å²) in [4.78, 5) is 5.19. The third-order valence-electron chi connectivity index (χ3n) is 4.40. The van der Waals surface area contributed by atoms with Crippen LogP contribution in [0.3, 0.4) is 0 Å². The van der Waals surface area contributed by atoms with Gasteiger partial charge in [0.2, 0.25) is 0 Å². The molecule has 1 aromatic carbocycles. The minimum Gasteiger partial charge on any atom is -0.506 e. The zero-order valence-electron chi connectivity index (χ0n) is 11.5. The Morgan fingerprint density at radius 3 is 2.60 bits per heavy atom. The Balaban J connectivity index is 1.66. The second-order valence-corrected chi connectivity index (χ2v) is 7.54. The maximum atomic E-state index is 9.78. The van der Waals surface area contributed by atoms with Crippen molar-refractivity contribution in [1.82, 2.24) is 9.80 Å². The largest absolute Gasteiger partial charge is 0.506 e. The predicted octanol–water partition coefficient (Wildman–Crippen LogP) is 3.59. The number of aromatic hydroxyl groups is 1. The Morgan fingerprint density at radius 2 is 1.85 bits per heavy atom. The van der Waals surface area contributed by atoms with Gasteiger partial charge >= 0.3 is 0 Å². The third-order valence-corrected chi connectivity index (χ3v) is 5.61. The van der Waals surface area contributed by atoms with Gasteiger partial charge in [-0.25, -0.2) is 0 Å². The van der Waals surface area contributed by atoms with Gasteiger partial charge in [0.25, 0.3) is 0 Å². The van der Waals surface area contributed by atoms with E-state index in [1.807, 2.05) is 12.1 Å². The van der Waals surface area contributed by atoms with E-state index >= 15 is 0 Å². The van der Waals surface area contributed by atoms with E-state index < -0.39 is 0 Å². The smallest absolute Gasteiger partial charge is 0.143 e. The molecule has 2 heterocycles. The molecule has 1 atom stereocenters. The lowest BCUT2D eigenvalue weighted by molar-refractivity contribution is 0.0456. The molecule has 5 heteroatoms. The fourth-order valence-electron chi connectivity index (χ4n) is 3.33. The van der Waals surface area contributed by atoms with Gasteiger partial charge in [0.15, 0.2) is 0 Å². The molecule has 0 saturated carbocycles. The van der Waals surface area contributed by atoms with Crippen molar-refractivity contribution < 1.29 is 5.11 Å². The van der Waals surface area contributed by atoms with Gasteiger partial charge in [-0.3, -0.25) is 9.80 Å². The molecule has 3 rings (SSSR count). The van der Waals surface area contributed by atoms with Crippen LogP contribution in [-0.4, -0.2) is 47.1 Å². The Kier molecular flexibility index (Phi) is 4.70. The number of fused-ring (bicyclic) bond motifs is 1.